The number of hydrazone groups is 1. The highest BCUT2D eigenvalue weighted by molar-refractivity contribution is 5.82. The van der Waals surface area contributed by atoms with E-state index in [0.717, 1.165) is 29.6 Å². The standard InChI is InChI=1S/C18H22F3N3/c1-12(2)11-24-13(3)9-15(14(24)4)10-22-23-17-8-6-5-7-16(17)18(19,20)21/h5-10,12,23H,11H2,1-4H3/b22-10-. The minimum absolute atomic E-state index is 0.0581. The molecule has 1 aromatic heterocycles. The largest absolute Gasteiger partial charge is 0.418 e. The van der Waals surface area contributed by atoms with Crippen LogP contribution >= 0.6 is 0 Å². The molecule has 0 amide bonds. The molecule has 1 heterocycles. The Balaban J connectivity index is 2.19. The van der Waals surface area contributed by atoms with E-state index in [1.54, 1.807) is 12.3 Å². The molecule has 6 heteroatoms. The molecule has 0 spiro atoms. The molecule has 0 radical (unpaired) electrons. The van der Waals surface area contributed by atoms with E-state index < -0.39 is 11.7 Å². The zero-order chi connectivity index (χ0) is 17.9. The molecule has 24 heavy (non-hydrogen) atoms. The molecule has 0 aliphatic carbocycles. The zero-order valence-corrected chi connectivity index (χ0v) is 14.3. The fourth-order valence-electron chi connectivity index (χ4n) is 2.60. The quantitative estimate of drug-likeness (QED) is 0.588. The summed E-state index contributed by atoms with van der Waals surface area (Å²) < 4.78 is 41.0. The maximum absolute atomic E-state index is 12.9. The average molecular weight is 337 g/mol. The van der Waals surface area contributed by atoms with Crippen LogP contribution in [0, 0.1) is 19.8 Å². The van der Waals surface area contributed by atoms with E-state index in [-0.39, 0.29) is 5.69 Å². The topological polar surface area (TPSA) is 29.3 Å². The van der Waals surface area contributed by atoms with E-state index in [2.05, 4.69) is 28.9 Å². The summed E-state index contributed by atoms with van der Waals surface area (Å²) in [5.41, 5.74) is 4.77. The number of anilines is 1. The first-order valence-corrected chi connectivity index (χ1v) is 7.82. The lowest BCUT2D eigenvalue weighted by Crippen LogP contribution is -2.09. The normalized spacial score (nSPS) is 12.3. The van der Waals surface area contributed by atoms with Gasteiger partial charge in [0.15, 0.2) is 0 Å². The van der Waals surface area contributed by atoms with Gasteiger partial charge in [0.1, 0.15) is 0 Å². The third kappa shape index (κ3) is 4.19. The fourth-order valence-corrected chi connectivity index (χ4v) is 2.60. The lowest BCUT2D eigenvalue weighted by atomic mass is 10.2. The van der Waals surface area contributed by atoms with Crippen molar-refractivity contribution in [1.82, 2.24) is 4.57 Å². The second-order valence-corrected chi connectivity index (χ2v) is 6.24. The summed E-state index contributed by atoms with van der Waals surface area (Å²) in [6.07, 6.45) is -2.85. The van der Waals surface area contributed by atoms with Gasteiger partial charge in [-0.1, -0.05) is 26.0 Å². The zero-order valence-electron chi connectivity index (χ0n) is 14.3. The number of rotatable bonds is 5. The molecule has 0 fully saturated rings. The minimum atomic E-state index is -4.41. The maximum Gasteiger partial charge on any atom is 0.418 e. The van der Waals surface area contributed by atoms with Gasteiger partial charge in [-0.2, -0.15) is 18.3 Å². The second kappa shape index (κ2) is 7.11. The van der Waals surface area contributed by atoms with Crippen LogP contribution in [0.3, 0.4) is 0 Å². The molecular formula is C18H22F3N3. The second-order valence-electron chi connectivity index (χ2n) is 6.24. The summed E-state index contributed by atoms with van der Waals surface area (Å²) in [6, 6.07) is 7.28. The van der Waals surface area contributed by atoms with Crippen LogP contribution in [0.15, 0.2) is 35.4 Å². The first kappa shape index (κ1) is 18.1. The van der Waals surface area contributed by atoms with Crippen molar-refractivity contribution in [3.05, 3.63) is 52.8 Å². The number of halogens is 3. The Labute approximate surface area is 140 Å². The van der Waals surface area contributed by atoms with E-state index in [4.69, 9.17) is 0 Å². The van der Waals surface area contributed by atoms with Crippen molar-refractivity contribution in [1.29, 1.82) is 0 Å². The Bertz CT molecular complexity index is 728. The first-order valence-electron chi connectivity index (χ1n) is 7.82. The monoisotopic (exact) mass is 337 g/mol. The third-order valence-corrected chi connectivity index (χ3v) is 3.78. The number of aryl methyl sites for hydroxylation is 1. The molecule has 2 aromatic rings. The summed E-state index contributed by atoms with van der Waals surface area (Å²) in [7, 11) is 0. The molecule has 0 saturated carbocycles. The molecule has 1 aromatic carbocycles. The van der Waals surface area contributed by atoms with Gasteiger partial charge in [-0.05, 0) is 38.0 Å². The van der Waals surface area contributed by atoms with Crippen molar-refractivity contribution in [3.8, 4) is 0 Å². The Morgan fingerprint density at radius 3 is 2.50 bits per heavy atom. The SMILES string of the molecule is Cc1cc(/C=N\Nc2ccccc2C(F)(F)F)c(C)n1CC(C)C. The number of hydrogen-bond donors (Lipinski definition) is 1. The molecule has 1 N–H and O–H groups in total. The predicted molar refractivity (Wildman–Crippen MR) is 91.4 cm³/mol. The van der Waals surface area contributed by atoms with E-state index in [9.17, 15) is 13.2 Å². The van der Waals surface area contributed by atoms with Crippen molar-refractivity contribution >= 4 is 11.9 Å². The van der Waals surface area contributed by atoms with Crippen LogP contribution in [0.2, 0.25) is 0 Å². The molecule has 0 aliphatic heterocycles. The highest BCUT2D eigenvalue weighted by Crippen LogP contribution is 2.34. The number of nitrogens with one attached hydrogen (secondary N) is 1. The highest BCUT2D eigenvalue weighted by atomic mass is 19.4. The summed E-state index contributed by atoms with van der Waals surface area (Å²) in [5.74, 6) is 0.511. The fraction of sp³-hybridized carbons (Fsp3) is 0.389. The Morgan fingerprint density at radius 1 is 1.21 bits per heavy atom. The molecule has 3 nitrogen and oxygen atoms in total. The summed E-state index contributed by atoms with van der Waals surface area (Å²) in [4.78, 5) is 0. The van der Waals surface area contributed by atoms with Gasteiger partial charge in [-0.15, -0.1) is 0 Å². The predicted octanol–water partition coefficient (Wildman–Crippen LogP) is 5.23. The van der Waals surface area contributed by atoms with Crippen LogP contribution in [0.4, 0.5) is 18.9 Å². The van der Waals surface area contributed by atoms with Crippen LogP contribution in [-0.4, -0.2) is 10.8 Å². The molecule has 0 saturated heterocycles. The van der Waals surface area contributed by atoms with Gasteiger partial charge in [0, 0.05) is 23.5 Å². The number of nitrogens with zero attached hydrogens (tertiary/aromatic N) is 2. The van der Waals surface area contributed by atoms with Crippen molar-refractivity contribution < 1.29 is 13.2 Å². The van der Waals surface area contributed by atoms with E-state index in [0.29, 0.717) is 5.92 Å². The van der Waals surface area contributed by atoms with Crippen molar-refractivity contribution in [2.24, 2.45) is 11.0 Å². The molecule has 0 unspecified atom stereocenters. The van der Waals surface area contributed by atoms with E-state index in [1.807, 2.05) is 19.9 Å². The Morgan fingerprint density at radius 2 is 1.88 bits per heavy atom. The number of para-hydroxylation sites is 1. The minimum Gasteiger partial charge on any atom is -0.348 e. The van der Waals surface area contributed by atoms with E-state index in [1.165, 1.54) is 12.1 Å². The highest BCUT2D eigenvalue weighted by Gasteiger charge is 2.33. The average Bonchev–Trinajstić information content (AvgIpc) is 2.74. The van der Waals surface area contributed by atoms with Gasteiger partial charge in [-0.25, -0.2) is 0 Å². The number of alkyl halides is 3. The van der Waals surface area contributed by atoms with Gasteiger partial charge >= 0.3 is 6.18 Å². The lowest BCUT2D eigenvalue weighted by molar-refractivity contribution is -0.136. The molecule has 0 atom stereocenters. The van der Waals surface area contributed by atoms with Crippen molar-refractivity contribution in [2.45, 2.75) is 40.4 Å². The van der Waals surface area contributed by atoms with Gasteiger partial charge in [0.2, 0.25) is 0 Å². The molecule has 0 bridgehead atoms. The van der Waals surface area contributed by atoms with E-state index >= 15 is 0 Å². The van der Waals surface area contributed by atoms with Crippen LogP contribution in [0.25, 0.3) is 0 Å². The summed E-state index contributed by atoms with van der Waals surface area (Å²) in [6.45, 7) is 9.18. The van der Waals surface area contributed by atoms with Crippen molar-refractivity contribution in [2.75, 3.05) is 5.43 Å². The van der Waals surface area contributed by atoms with Gasteiger partial charge in [0.25, 0.3) is 0 Å². The number of benzene rings is 1. The molecular weight excluding hydrogens is 315 g/mol. The number of hydrogen-bond acceptors (Lipinski definition) is 2. The maximum atomic E-state index is 12.9. The van der Waals surface area contributed by atoms with Crippen LogP contribution in [-0.2, 0) is 12.7 Å². The number of aromatic nitrogens is 1. The van der Waals surface area contributed by atoms with Gasteiger partial charge < -0.3 is 4.57 Å². The summed E-state index contributed by atoms with van der Waals surface area (Å²) in [5, 5.41) is 3.99. The van der Waals surface area contributed by atoms with Crippen molar-refractivity contribution in [3.63, 3.8) is 0 Å². The van der Waals surface area contributed by atoms with Gasteiger partial charge in [-0.3, -0.25) is 5.43 Å². The Hall–Kier alpha value is -2.24. The lowest BCUT2D eigenvalue weighted by Gasteiger charge is -2.12. The smallest absolute Gasteiger partial charge is 0.348 e. The first-order chi connectivity index (χ1) is 11.2. The Kier molecular flexibility index (Phi) is 5.36. The molecule has 130 valence electrons. The molecule has 0 aliphatic rings. The molecule has 2 rings (SSSR count). The van der Waals surface area contributed by atoms with Crippen LogP contribution < -0.4 is 5.43 Å². The third-order valence-electron chi connectivity index (χ3n) is 3.78. The van der Waals surface area contributed by atoms with Crippen LogP contribution in [0.1, 0.15) is 36.4 Å². The van der Waals surface area contributed by atoms with Crippen LogP contribution in [0.5, 0.6) is 0 Å². The van der Waals surface area contributed by atoms with Gasteiger partial charge in [0.05, 0.1) is 17.5 Å². The summed E-state index contributed by atoms with van der Waals surface area (Å²) >= 11 is 0.